The highest BCUT2D eigenvalue weighted by Gasteiger charge is 2.26. The largest absolute Gasteiger partial charge is 0.379 e. The van der Waals surface area contributed by atoms with Crippen molar-refractivity contribution < 1.29 is 4.74 Å². The number of pyridine rings is 1. The maximum absolute atomic E-state index is 5.44. The molecule has 5 rings (SSSR count). The molecule has 0 radical (unpaired) electrons. The SMILES string of the molecule is c1ccc2[nH]c(SC3CCCc4c(SCCCN5CCOCC5)ccnc43)nc2c1. The van der Waals surface area contributed by atoms with Crippen molar-refractivity contribution in [3.63, 3.8) is 0 Å². The summed E-state index contributed by atoms with van der Waals surface area (Å²) in [5.74, 6) is 1.16. The number of hydrogen-bond acceptors (Lipinski definition) is 6. The number of ether oxygens (including phenoxy) is 1. The van der Waals surface area contributed by atoms with Crippen LogP contribution in [0.2, 0.25) is 0 Å². The number of para-hydroxylation sites is 2. The van der Waals surface area contributed by atoms with Crippen LogP contribution in [0.5, 0.6) is 0 Å². The van der Waals surface area contributed by atoms with Crippen LogP contribution < -0.4 is 0 Å². The molecule has 2 aliphatic rings. The number of H-pyrrole nitrogens is 1. The normalized spacial score (nSPS) is 19.8. The van der Waals surface area contributed by atoms with Gasteiger partial charge in [-0.2, -0.15) is 0 Å². The Balaban J connectivity index is 1.24. The number of aromatic amines is 1. The van der Waals surface area contributed by atoms with Crippen LogP contribution in [-0.4, -0.2) is 58.5 Å². The second-order valence-electron chi connectivity index (χ2n) is 7.89. The van der Waals surface area contributed by atoms with E-state index >= 15 is 0 Å². The summed E-state index contributed by atoms with van der Waals surface area (Å²) >= 11 is 3.84. The molecular formula is C23H28N4OS2. The van der Waals surface area contributed by atoms with Gasteiger partial charge in [-0.25, -0.2) is 4.98 Å². The molecule has 1 fully saturated rings. The topological polar surface area (TPSA) is 54.0 Å². The molecular weight excluding hydrogens is 412 g/mol. The van der Waals surface area contributed by atoms with Gasteiger partial charge in [0.25, 0.3) is 0 Å². The Hall–Kier alpha value is -1.54. The van der Waals surface area contributed by atoms with Crippen molar-refractivity contribution in [1.82, 2.24) is 19.9 Å². The zero-order valence-electron chi connectivity index (χ0n) is 17.2. The van der Waals surface area contributed by atoms with E-state index in [1.807, 2.05) is 35.8 Å². The molecule has 1 saturated heterocycles. The van der Waals surface area contributed by atoms with Gasteiger partial charge in [-0.05, 0) is 61.7 Å². The highest BCUT2D eigenvalue weighted by atomic mass is 32.2. The summed E-state index contributed by atoms with van der Waals surface area (Å²) in [5.41, 5.74) is 4.88. The average Bonchev–Trinajstić information content (AvgIpc) is 3.20. The summed E-state index contributed by atoms with van der Waals surface area (Å²) < 4.78 is 5.44. The minimum atomic E-state index is 0.378. The summed E-state index contributed by atoms with van der Waals surface area (Å²) in [5, 5.41) is 1.38. The molecule has 0 bridgehead atoms. The summed E-state index contributed by atoms with van der Waals surface area (Å²) in [7, 11) is 0. The fourth-order valence-corrected chi connectivity index (χ4v) is 6.50. The molecule has 3 aromatic rings. The highest BCUT2D eigenvalue weighted by molar-refractivity contribution is 7.99. The molecule has 3 heterocycles. The lowest BCUT2D eigenvalue weighted by molar-refractivity contribution is 0.0381. The predicted molar refractivity (Wildman–Crippen MR) is 124 cm³/mol. The molecule has 0 spiro atoms. The van der Waals surface area contributed by atoms with E-state index in [-0.39, 0.29) is 0 Å². The summed E-state index contributed by atoms with van der Waals surface area (Å²) in [4.78, 5) is 17.0. The zero-order valence-corrected chi connectivity index (χ0v) is 18.8. The number of nitrogens with one attached hydrogen (secondary N) is 1. The van der Waals surface area contributed by atoms with E-state index in [9.17, 15) is 0 Å². The van der Waals surface area contributed by atoms with Gasteiger partial charge < -0.3 is 9.72 Å². The number of rotatable bonds is 7. The number of thioether (sulfide) groups is 2. The van der Waals surface area contributed by atoms with Crippen LogP contribution in [0.4, 0.5) is 0 Å². The Labute approximate surface area is 186 Å². The van der Waals surface area contributed by atoms with Gasteiger partial charge in [-0.15, -0.1) is 11.8 Å². The number of benzene rings is 1. The Bertz CT molecular complexity index is 953. The second-order valence-corrected chi connectivity index (χ2v) is 10.2. The van der Waals surface area contributed by atoms with E-state index < -0.39 is 0 Å². The van der Waals surface area contributed by atoms with E-state index in [1.165, 1.54) is 35.5 Å². The van der Waals surface area contributed by atoms with Crippen molar-refractivity contribution in [1.29, 1.82) is 0 Å². The molecule has 158 valence electrons. The summed E-state index contributed by atoms with van der Waals surface area (Å²) in [6, 6.07) is 10.5. The van der Waals surface area contributed by atoms with Gasteiger partial charge >= 0.3 is 0 Å². The quantitative estimate of drug-likeness (QED) is 0.415. The molecule has 0 amide bonds. The smallest absolute Gasteiger partial charge is 0.167 e. The maximum atomic E-state index is 5.44. The van der Waals surface area contributed by atoms with E-state index in [0.29, 0.717) is 5.25 Å². The Morgan fingerprint density at radius 1 is 1.17 bits per heavy atom. The lowest BCUT2D eigenvalue weighted by Gasteiger charge is -2.27. The van der Waals surface area contributed by atoms with E-state index in [4.69, 9.17) is 14.7 Å². The second kappa shape index (κ2) is 9.73. The van der Waals surface area contributed by atoms with Gasteiger partial charge in [0.15, 0.2) is 5.16 Å². The Kier molecular flexibility index (Phi) is 6.60. The number of aromatic nitrogens is 3. The fourth-order valence-electron chi connectivity index (χ4n) is 4.28. The minimum absolute atomic E-state index is 0.378. The molecule has 1 atom stereocenters. The van der Waals surface area contributed by atoms with E-state index in [1.54, 1.807) is 0 Å². The molecule has 5 nitrogen and oxygen atoms in total. The van der Waals surface area contributed by atoms with Crippen LogP contribution in [-0.2, 0) is 11.2 Å². The van der Waals surface area contributed by atoms with Crippen molar-refractivity contribution in [2.75, 3.05) is 38.6 Å². The molecule has 1 aromatic carbocycles. The lowest BCUT2D eigenvalue weighted by atomic mass is 9.96. The molecule has 30 heavy (non-hydrogen) atoms. The van der Waals surface area contributed by atoms with Gasteiger partial charge in [-0.3, -0.25) is 9.88 Å². The number of fused-ring (bicyclic) bond motifs is 2. The van der Waals surface area contributed by atoms with Gasteiger partial charge in [0.1, 0.15) is 0 Å². The lowest BCUT2D eigenvalue weighted by Crippen LogP contribution is -2.36. The maximum Gasteiger partial charge on any atom is 0.167 e. The third-order valence-electron chi connectivity index (χ3n) is 5.85. The first-order valence-corrected chi connectivity index (χ1v) is 12.8. The first-order valence-electron chi connectivity index (χ1n) is 10.9. The third-order valence-corrected chi connectivity index (χ3v) is 8.19. The van der Waals surface area contributed by atoms with Crippen molar-refractivity contribution in [2.24, 2.45) is 0 Å². The first kappa shape index (κ1) is 20.4. The number of hydrogen-bond donors (Lipinski definition) is 1. The van der Waals surface area contributed by atoms with Gasteiger partial charge in [0.05, 0.1) is 35.2 Å². The Morgan fingerprint density at radius 2 is 2.07 bits per heavy atom. The van der Waals surface area contributed by atoms with Crippen LogP contribution in [0.1, 0.15) is 35.8 Å². The Morgan fingerprint density at radius 3 is 2.97 bits per heavy atom. The van der Waals surface area contributed by atoms with Crippen molar-refractivity contribution >= 4 is 34.6 Å². The number of imidazole rings is 1. The summed E-state index contributed by atoms with van der Waals surface area (Å²) in [6.45, 7) is 5.10. The molecule has 1 unspecified atom stereocenters. The minimum Gasteiger partial charge on any atom is -0.379 e. The molecule has 1 aliphatic carbocycles. The van der Waals surface area contributed by atoms with Crippen molar-refractivity contribution in [3.8, 4) is 0 Å². The molecule has 7 heteroatoms. The molecule has 1 aliphatic heterocycles. The molecule has 2 aromatic heterocycles. The predicted octanol–water partition coefficient (Wildman–Crippen LogP) is 4.94. The van der Waals surface area contributed by atoms with Gasteiger partial charge in [0.2, 0.25) is 0 Å². The number of nitrogens with zero attached hydrogens (tertiary/aromatic N) is 3. The van der Waals surface area contributed by atoms with Crippen molar-refractivity contribution in [3.05, 3.63) is 47.8 Å². The van der Waals surface area contributed by atoms with Gasteiger partial charge in [0, 0.05) is 24.2 Å². The zero-order chi connectivity index (χ0) is 20.2. The molecule has 0 saturated carbocycles. The molecule has 1 N–H and O–H groups in total. The third kappa shape index (κ3) is 4.69. The van der Waals surface area contributed by atoms with Crippen LogP contribution in [0.3, 0.4) is 0 Å². The van der Waals surface area contributed by atoms with E-state index in [2.05, 4.69) is 34.1 Å². The van der Waals surface area contributed by atoms with Crippen LogP contribution in [0, 0.1) is 0 Å². The highest BCUT2D eigenvalue weighted by Crippen LogP contribution is 2.44. The number of morpholine rings is 1. The monoisotopic (exact) mass is 440 g/mol. The van der Waals surface area contributed by atoms with Crippen LogP contribution >= 0.6 is 23.5 Å². The first-order chi connectivity index (χ1) is 14.9. The van der Waals surface area contributed by atoms with E-state index in [0.717, 1.165) is 61.1 Å². The van der Waals surface area contributed by atoms with Crippen LogP contribution in [0.15, 0.2) is 46.6 Å². The van der Waals surface area contributed by atoms with Gasteiger partial charge in [-0.1, -0.05) is 23.9 Å². The fraction of sp³-hybridized carbons (Fsp3) is 0.478. The van der Waals surface area contributed by atoms with Crippen LogP contribution in [0.25, 0.3) is 11.0 Å². The summed E-state index contributed by atoms with van der Waals surface area (Å²) in [6.07, 6.45) is 6.75. The standard InChI is InChI=1S/C23H28N4OS2/c1-2-7-19-18(6-1)25-23(26-19)30-21-8-3-5-17-20(9-10-24-22(17)21)29-16-4-11-27-12-14-28-15-13-27/h1-2,6-7,9-10,21H,3-5,8,11-16H2,(H,25,26). The average molecular weight is 441 g/mol. The van der Waals surface area contributed by atoms with Crippen molar-refractivity contribution in [2.45, 2.75) is 41.0 Å².